The second kappa shape index (κ2) is 8.82. The van der Waals surface area contributed by atoms with Crippen molar-refractivity contribution >= 4 is 40.4 Å². The van der Waals surface area contributed by atoms with Crippen molar-refractivity contribution in [2.24, 2.45) is 0 Å². The molecule has 26 heavy (non-hydrogen) atoms. The average Bonchev–Trinajstić information content (AvgIpc) is 2.61. The zero-order valence-electron chi connectivity index (χ0n) is 14.2. The number of carbonyl (C=O) groups excluding carboxylic acids is 2. The number of nitro benzene ring substituents is 1. The molecule has 0 fully saturated rings. The molecule has 0 saturated carbocycles. The van der Waals surface area contributed by atoms with Gasteiger partial charge in [0.2, 0.25) is 5.91 Å². The Balaban J connectivity index is 2.00. The van der Waals surface area contributed by atoms with Crippen molar-refractivity contribution < 1.29 is 14.5 Å². The molecule has 0 spiro atoms. The smallest absolute Gasteiger partial charge is 0.285 e. The van der Waals surface area contributed by atoms with Gasteiger partial charge in [-0.2, -0.15) is 0 Å². The van der Waals surface area contributed by atoms with Gasteiger partial charge in [-0.05, 0) is 48.2 Å². The summed E-state index contributed by atoms with van der Waals surface area (Å²) in [6.45, 7) is 0. The summed E-state index contributed by atoms with van der Waals surface area (Å²) >= 11 is 1.09. The minimum Gasteiger partial charge on any atom is -0.339 e. The minimum absolute atomic E-state index is 0.0662. The number of rotatable bonds is 5. The van der Waals surface area contributed by atoms with Crippen LogP contribution in [-0.4, -0.2) is 35.1 Å². The first-order valence-electron chi connectivity index (χ1n) is 7.58. The normalized spacial score (nSPS) is 10.5. The molecule has 0 bridgehead atoms. The lowest BCUT2D eigenvalue weighted by Crippen LogP contribution is -2.16. The average molecular weight is 371 g/mol. The molecule has 0 atom stereocenters. The Morgan fingerprint density at radius 2 is 1.77 bits per heavy atom. The number of anilines is 1. The molecule has 0 unspecified atom stereocenters. The zero-order chi connectivity index (χ0) is 19.1. The van der Waals surface area contributed by atoms with E-state index < -0.39 is 10.8 Å². The van der Waals surface area contributed by atoms with Crippen molar-refractivity contribution in [3.05, 3.63) is 70.3 Å². The largest absolute Gasteiger partial charge is 0.339 e. The van der Waals surface area contributed by atoms with Crippen molar-refractivity contribution in [2.45, 2.75) is 4.90 Å². The lowest BCUT2D eigenvalue weighted by Gasteiger charge is -2.09. The zero-order valence-corrected chi connectivity index (χ0v) is 15.0. The summed E-state index contributed by atoms with van der Waals surface area (Å²) in [5.74, 6) is -0.409. The number of para-hydroxylation sites is 1. The number of hydrogen-bond acceptors (Lipinski definition) is 5. The molecule has 7 nitrogen and oxygen atoms in total. The lowest BCUT2D eigenvalue weighted by molar-refractivity contribution is -0.385. The van der Waals surface area contributed by atoms with Crippen molar-refractivity contribution in [3.8, 4) is 0 Å². The molecule has 0 saturated heterocycles. The standard InChI is InChI=1S/C18H17N3O4S/c1-20(2)18(23)26-15-10-8-14(9-11-15)19-17(22)12-7-13-5-3-4-6-16(13)21(24)25/h3-12H,1-2H3,(H,19,22). The van der Waals surface area contributed by atoms with E-state index in [0.717, 1.165) is 16.7 Å². The number of thioether (sulfide) groups is 1. The van der Waals surface area contributed by atoms with Crippen LogP contribution in [0.25, 0.3) is 6.08 Å². The molecule has 2 aromatic carbocycles. The van der Waals surface area contributed by atoms with Gasteiger partial charge in [-0.15, -0.1) is 0 Å². The number of nitrogens with zero attached hydrogens (tertiary/aromatic N) is 2. The third-order valence-electron chi connectivity index (χ3n) is 3.24. The van der Waals surface area contributed by atoms with E-state index in [0.29, 0.717) is 11.3 Å². The molecule has 2 amide bonds. The van der Waals surface area contributed by atoms with Gasteiger partial charge in [-0.1, -0.05) is 12.1 Å². The highest BCUT2D eigenvalue weighted by Crippen LogP contribution is 2.22. The Labute approximate surface area is 154 Å². The summed E-state index contributed by atoms with van der Waals surface area (Å²) in [5.41, 5.74) is 0.842. The van der Waals surface area contributed by atoms with Crippen LogP contribution >= 0.6 is 11.8 Å². The van der Waals surface area contributed by atoms with Crippen LogP contribution in [0.4, 0.5) is 16.2 Å². The Hall–Kier alpha value is -3.13. The Kier molecular flexibility index (Phi) is 6.51. The van der Waals surface area contributed by atoms with Crippen molar-refractivity contribution in [2.75, 3.05) is 19.4 Å². The van der Waals surface area contributed by atoms with Gasteiger partial charge >= 0.3 is 0 Å². The van der Waals surface area contributed by atoms with Crippen LogP contribution in [-0.2, 0) is 4.79 Å². The third-order valence-corrected chi connectivity index (χ3v) is 4.29. The van der Waals surface area contributed by atoms with Crippen LogP contribution in [0.15, 0.2) is 59.5 Å². The maximum absolute atomic E-state index is 12.0. The summed E-state index contributed by atoms with van der Waals surface area (Å²) in [4.78, 5) is 36.3. The highest BCUT2D eigenvalue weighted by molar-refractivity contribution is 8.13. The molecular formula is C18H17N3O4S. The van der Waals surface area contributed by atoms with E-state index in [1.54, 1.807) is 56.6 Å². The van der Waals surface area contributed by atoms with Gasteiger partial charge in [0.1, 0.15) is 0 Å². The van der Waals surface area contributed by atoms with Gasteiger partial charge in [0.15, 0.2) is 0 Å². The molecular weight excluding hydrogens is 354 g/mol. The van der Waals surface area contributed by atoms with E-state index in [9.17, 15) is 19.7 Å². The summed E-state index contributed by atoms with van der Waals surface area (Å²) in [7, 11) is 3.35. The van der Waals surface area contributed by atoms with E-state index in [1.165, 1.54) is 23.1 Å². The first kappa shape index (κ1) is 19.2. The molecule has 0 aliphatic carbocycles. The van der Waals surface area contributed by atoms with E-state index >= 15 is 0 Å². The fraction of sp³-hybridized carbons (Fsp3) is 0.111. The van der Waals surface area contributed by atoms with Crippen molar-refractivity contribution in [1.82, 2.24) is 4.90 Å². The SMILES string of the molecule is CN(C)C(=O)Sc1ccc(NC(=O)C=Cc2ccccc2[N+](=O)[O-])cc1. The van der Waals surface area contributed by atoms with E-state index in [4.69, 9.17) is 0 Å². The summed E-state index contributed by atoms with van der Waals surface area (Å²) in [5, 5.41) is 13.5. The summed E-state index contributed by atoms with van der Waals surface area (Å²) in [6.07, 6.45) is 2.63. The molecule has 2 rings (SSSR count). The van der Waals surface area contributed by atoms with Gasteiger partial charge in [-0.25, -0.2) is 0 Å². The van der Waals surface area contributed by atoms with Crippen molar-refractivity contribution in [3.63, 3.8) is 0 Å². The number of carbonyl (C=O) groups is 2. The fourth-order valence-electron chi connectivity index (χ4n) is 1.94. The van der Waals surface area contributed by atoms with Crippen LogP contribution in [0, 0.1) is 10.1 Å². The number of benzene rings is 2. The van der Waals surface area contributed by atoms with E-state index in [1.807, 2.05) is 0 Å². The quantitative estimate of drug-likeness (QED) is 0.371. The molecule has 8 heteroatoms. The molecule has 2 aromatic rings. The highest BCUT2D eigenvalue weighted by atomic mass is 32.2. The van der Waals surface area contributed by atoms with Crippen LogP contribution in [0.3, 0.4) is 0 Å². The summed E-state index contributed by atoms with van der Waals surface area (Å²) < 4.78 is 0. The van der Waals surface area contributed by atoms with Gasteiger partial charge < -0.3 is 10.2 Å². The first-order chi connectivity index (χ1) is 12.4. The molecule has 0 heterocycles. The van der Waals surface area contributed by atoms with Crippen LogP contribution in [0.1, 0.15) is 5.56 Å². The highest BCUT2D eigenvalue weighted by Gasteiger charge is 2.10. The topological polar surface area (TPSA) is 92.6 Å². The predicted octanol–water partition coefficient (Wildman–Crippen LogP) is 4.02. The molecule has 0 aromatic heterocycles. The number of nitrogens with one attached hydrogen (secondary N) is 1. The number of amides is 2. The minimum atomic E-state index is -0.497. The first-order valence-corrected chi connectivity index (χ1v) is 8.40. The van der Waals surface area contributed by atoms with Gasteiger partial charge in [-0.3, -0.25) is 19.7 Å². The Morgan fingerprint density at radius 1 is 1.12 bits per heavy atom. The third kappa shape index (κ3) is 5.45. The van der Waals surface area contributed by atoms with E-state index in [2.05, 4.69) is 5.32 Å². The second-order valence-electron chi connectivity index (χ2n) is 5.43. The van der Waals surface area contributed by atoms with Gasteiger partial charge in [0, 0.05) is 36.8 Å². The van der Waals surface area contributed by atoms with Crippen molar-refractivity contribution in [1.29, 1.82) is 0 Å². The summed E-state index contributed by atoms with van der Waals surface area (Å²) in [6, 6.07) is 13.0. The van der Waals surface area contributed by atoms with Crippen LogP contribution in [0.5, 0.6) is 0 Å². The number of hydrogen-bond donors (Lipinski definition) is 1. The monoisotopic (exact) mass is 371 g/mol. The second-order valence-corrected chi connectivity index (χ2v) is 6.45. The van der Waals surface area contributed by atoms with Gasteiger partial charge in [0.25, 0.3) is 10.9 Å². The number of nitro groups is 1. The molecule has 0 aliphatic heterocycles. The van der Waals surface area contributed by atoms with Crippen LogP contribution in [0.2, 0.25) is 0 Å². The predicted molar refractivity (Wildman–Crippen MR) is 102 cm³/mol. The Bertz CT molecular complexity index is 848. The molecule has 1 N–H and O–H groups in total. The van der Waals surface area contributed by atoms with Crippen LogP contribution < -0.4 is 5.32 Å². The maximum atomic E-state index is 12.0. The van der Waals surface area contributed by atoms with E-state index in [-0.39, 0.29) is 10.9 Å². The molecule has 134 valence electrons. The maximum Gasteiger partial charge on any atom is 0.285 e. The van der Waals surface area contributed by atoms with Gasteiger partial charge in [0.05, 0.1) is 10.5 Å². The Morgan fingerprint density at radius 3 is 2.38 bits per heavy atom. The molecule has 0 aliphatic rings. The fourth-order valence-corrected chi connectivity index (χ4v) is 2.60. The lowest BCUT2D eigenvalue weighted by atomic mass is 10.1. The molecule has 0 radical (unpaired) electrons.